The molecule has 18 heavy (non-hydrogen) atoms. The van der Waals surface area contributed by atoms with Gasteiger partial charge in [0.2, 0.25) is 0 Å². The minimum Gasteiger partial charge on any atom is -0.505 e. The third kappa shape index (κ3) is 3.61. The van der Waals surface area contributed by atoms with E-state index in [4.69, 9.17) is 17.3 Å². The SMILES string of the molecule is CCCC(S)C(=S)Nc1cccc(C(=O)O)c1O. The lowest BCUT2D eigenvalue weighted by atomic mass is 10.1. The molecule has 0 radical (unpaired) electrons. The zero-order valence-electron chi connectivity index (χ0n) is 9.88. The first-order valence-corrected chi connectivity index (χ1v) is 6.44. The number of phenols is 1. The Morgan fingerprint density at radius 3 is 2.78 bits per heavy atom. The summed E-state index contributed by atoms with van der Waals surface area (Å²) in [6.45, 7) is 2.02. The molecule has 0 aliphatic carbocycles. The topological polar surface area (TPSA) is 69.6 Å². The molecule has 1 aromatic rings. The summed E-state index contributed by atoms with van der Waals surface area (Å²) < 4.78 is 0. The molecule has 98 valence electrons. The van der Waals surface area contributed by atoms with Crippen molar-refractivity contribution in [2.24, 2.45) is 0 Å². The quantitative estimate of drug-likeness (QED) is 0.380. The molecule has 6 heteroatoms. The van der Waals surface area contributed by atoms with Crippen LogP contribution in [0.3, 0.4) is 0 Å². The predicted molar refractivity (Wildman–Crippen MR) is 79.0 cm³/mol. The fourth-order valence-electron chi connectivity index (χ4n) is 1.44. The normalized spacial score (nSPS) is 11.9. The largest absolute Gasteiger partial charge is 0.505 e. The molecule has 0 heterocycles. The lowest BCUT2D eigenvalue weighted by Crippen LogP contribution is -2.21. The monoisotopic (exact) mass is 285 g/mol. The Morgan fingerprint density at radius 2 is 2.22 bits per heavy atom. The first kappa shape index (κ1) is 14.8. The molecule has 1 unspecified atom stereocenters. The van der Waals surface area contributed by atoms with Crippen molar-refractivity contribution < 1.29 is 15.0 Å². The van der Waals surface area contributed by atoms with Crippen LogP contribution >= 0.6 is 24.8 Å². The van der Waals surface area contributed by atoms with Crippen molar-refractivity contribution in [1.29, 1.82) is 0 Å². The Balaban J connectivity index is 2.88. The fourth-order valence-corrected chi connectivity index (χ4v) is 1.99. The molecule has 3 N–H and O–H groups in total. The van der Waals surface area contributed by atoms with Crippen molar-refractivity contribution in [2.45, 2.75) is 25.0 Å². The van der Waals surface area contributed by atoms with Gasteiger partial charge in [0.15, 0.2) is 5.75 Å². The fraction of sp³-hybridized carbons (Fsp3) is 0.333. The molecule has 0 amide bonds. The van der Waals surface area contributed by atoms with Gasteiger partial charge in [-0.1, -0.05) is 31.6 Å². The molecule has 0 saturated carbocycles. The van der Waals surface area contributed by atoms with Crippen LogP contribution in [0.2, 0.25) is 0 Å². The van der Waals surface area contributed by atoms with Crippen LogP contribution in [0.1, 0.15) is 30.1 Å². The van der Waals surface area contributed by atoms with Gasteiger partial charge < -0.3 is 15.5 Å². The number of nitrogens with one attached hydrogen (secondary N) is 1. The number of hydrogen-bond donors (Lipinski definition) is 4. The summed E-state index contributed by atoms with van der Waals surface area (Å²) >= 11 is 9.48. The number of aromatic carboxylic acids is 1. The van der Waals surface area contributed by atoms with Gasteiger partial charge in [-0.15, -0.1) is 0 Å². The standard InChI is InChI=1S/C12H15NO3S2/c1-2-4-9(17)11(18)13-8-6-3-5-7(10(8)14)12(15)16/h3,5-6,9,14,17H,2,4H2,1H3,(H,13,18)(H,15,16). The van der Waals surface area contributed by atoms with Crippen LogP contribution in [0, 0.1) is 0 Å². The van der Waals surface area contributed by atoms with Gasteiger partial charge in [-0.25, -0.2) is 4.79 Å². The summed E-state index contributed by atoms with van der Waals surface area (Å²) in [5.74, 6) is -1.50. The van der Waals surface area contributed by atoms with Crippen molar-refractivity contribution >= 4 is 41.5 Å². The second-order valence-electron chi connectivity index (χ2n) is 3.80. The van der Waals surface area contributed by atoms with Crippen molar-refractivity contribution in [3.05, 3.63) is 23.8 Å². The van der Waals surface area contributed by atoms with Gasteiger partial charge >= 0.3 is 5.97 Å². The number of thiocarbonyl (C=S) groups is 1. The smallest absolute Gasteiger partial charge is 0.339 e. The number of anilines is 1. The number of aromatic hydroxyl groups is 1. The Kier molecular flexibility index (Phi) is 5.43. The van der Waals surface area contributed by atoms with Crippen LogP contribution in [0.25, 0.3) is 0 Å². The van der Waals surface area contributed by atoms with E-state index in [0.29, 0.717) is 4.99 Å². The molecular formula is C12H15NO3S2. The number of rotatable bonds is 5. The molecule has 0 fully saturated rings. The maximum absolute atomic E-state index is 10.9. The second-order valence-corrected chi connectivity index (χ2v) is 4.86. The van der Waals surface area contributed by atoms with Crippen LogP contribution in [0.15, 0.2) is 18.2 Å². The van der Waals surface area contributed by atoms with E-state index in [0.717, 1.165) is 12.8 Å². The van der Waals surface area contributed by atoms with Crippen LogP contribution in [0.5, 0.6) is 5.75 Å². The highest BCUT2D eigenvalue weighted by Gasteiger charge is 2.15. The van der Waals surface area contributed by atoms with Crippen molar-refractivity contribution in [3.63, 3.8) is 0 Å². The van der Waals surface area contributed by atoms with E-state index in [9.17, 15) is 9.90 Å². The van der Waals surface area contributed by atoms with Crippen LogP contribution < -0.4 is 5.32 Å². The zero-order chi connectivity index (χ0) is 13.7. The van der Waals surface area contributed by atoms with E-state index in [1.807, 2.05) is 6.92 Å². The first-order chi connectivity index (χ1) is 8.47. The number of carboxylic acid groups (broad SMARTS) is 1. The molecule has 0 aromatic heterocycles. The predicted octanol–water partition coefficient (Wildman–Crippen LogP) is 2.93. The summed E-state index contributed by atoms with van der Waals surface area (Å²) in [4.78, 5) is 11.3. The minimum atomic E-state index is -1.18. The van der Waals surface area contributed by atoms with E-state index in [2.05, 4.69) is 17.9 Å². The molecule has 4 nitrogen and oxygen atoms in total. The molecule has 0 aliphatic heterocycles. The summed E-state index contributed by atoms with van der Waals surface area (Å²) in [5, 5.41) is 21.4. The highest BCUT2D eigenvalue weighted by molar-refractivity contribution is 7.86. The lowest BCUT2D eigenvalue weighted by molar-refractivity contribution is 0.0694. The van der Waals surface area contributed by atoms with E-state index >= 15 is 0 Å². The molecule has 1 rings (SSSR count). The molecule has 0 spiro atoms. The van der Waals surface area contributed by atoms with E-state index < -0.39 is 5.97 Å². The van der Waals surface area contributed by atoms with Gasteiger partial charge in [-0.05, 0) is 18.6 Å². The zero-order valence-corrected chi connectivity index (χ0v) is 11.6. The Hall–Kier alpha value is -1.27. The van der Waals surface area contributed by atoms with Crippen molar-refractivity contribution in [1.82, 2.24) is 0 Å². The van der Waals surface area contributed by atoms with Gasteiger partial charge in [0, 0.05) is 0 Å². The molecule has 0 bridgehead atoms. The average molecular weight is 285 g/mol. The molecule has 1 aromatic carbocycles. The van der Waals surface area contributed by atoms with E-state index in [1.165, 1.54) is 6.07 Å². The molecule has 1 atom stereocenters. The number of carbonyl (C=O) groups is 1. The number of para-hydroxylation sites is 1. The number of benzene rings is 1. The summed E-state index contributed by atoms with van der Waals surface area (Å²) in [6.07, 6.45) is 1.76. The maximum atomic E-state index is 10.9. The highest BCUT2D eigenvalue weighted by Crippen LogP contribution is 2.28. The summed E-state index contributed by atoms with van der Waals surface area (Å²) in [7, 11) is 0. The molecule has 0 aliphatic rings. The van der Waals surface area contributed by atoms with Gasteiger partial charge in [0.05, 0.1) is 15.9 Å². The van der Waals surface area contributed by atoms with E-state index in [1.54, 1.807) is 12.1 Å². The third-order valence-corrected chi connectivity index (χ3v) is 3.47. The lowest BCUT2D eigenvalue weighted by Gasteiger charge is -2.15. The van der Waals surface area contributed by atoms with Crippen LogP contribution in [-0.2, 0) is 0 Å². The van der Waals surface area contributed by atoms with Gasteiger partial charge in [-0.3, -0.25) is 0 Å². The highest BCUT2D eigenvalue weighted by atomic mass is 32.1. The van der Waals surface area contributed by atoms with Gasteiger partial charge in [-0.2, -0.15) is 12.6 Å². The minimum absolute atomic E-state index is 0.113. The van der Waals surface area contributed by atoms with E-state index in [-0.39, 0.29) is 22.3 Å². The molecular weight excluding hydrogens is 270 g/mol. The first-order valence-electron chi connectivity index (χ1n) is 5.51. The maximum Gasteiger partial charge on any atom is 0.339 e. The second kappa shape index (κ2) is 6.61. The number of hydrogen-bond acceptors (Lipinski definition) is 4. The Bertz CT molecular complexity index is 463. The van der Waals surface area contributed by atoms with Crippen molar-refractivity contribution in [3.8, 4) is 5.75 Å². The van der Waals surface area contributed by atoms with Crippen LogP contribution in [0.4, 0.5) is 5.69 Å². The Labute approximate surface area is 116 Å². The average Bonchev–Trinajstić information content (AvgIpc) is 2.31. The summed E-state index contributed by atoms with van der Waals surface area (Å²) in [6, 6.07) is 4.44. The van der Waals surface area contributed by atoms with Gasteiger partial charge in [0.25, 0.3) is 0 Å². The number of thiol groups is 1. The van der Waals surface area contributed by atoms with Crippen molar-refractivity contribution in [2.75, 3.05) is 5.32 Å². The van der Waals surface area contributed by atoms with Gasteiger partial charge in [0.1, 0.15) is 5.56 Å². The third-order valence-electron chi connectivity index (χ3n) is 2.39. The number of carboxylic acids is 1. The van der Waals surface area contributed by atoms with Crippen LogP contribution in [-0.4, -0.2) is 26.4 Å². The Morgan fingerprint density at radius 1 is 1.56 bits per heavy atom. The summed E-state index contributed by atoms with van der Waals surface area (Å²) in [5.41, 5.74) is 0.129. The molecule has 0 saturated heterocycles.